The maximum atomic E-state index is 6.01. The van der Waals surface area contributed by atoms with Crippen LogP contribution >= 0.6 is 15.9 Å². The molecular weight excluding hydrogens is 380 g/mol. The van der Waals surface area contributed by atoms with E-state index in [9.17, 15) is 0 Å². The van der Waals surface area contributed by atoms with E-state index in [0.717, 1.165) is 33.7 Å². The van der Waals surface area contributed by atoms with Crippen molar-refractivity contribution in [2.24, 2.45) is 0 Å². The summed E-state index contributed by atoms with van der Waals surface area (Å²) in [6.07, 6.45) is 4.12. The Morgan fingerprint density at radius 3 is 2.72 bits per heavy atom. The molecule has 4 nitrogen and oxygen atoms in total. The molecule has 1 aliphatic heterocycles. The van der Waals surface area contributed by atoms with Crippen molar-refractivity contribution in [1.82, 2.24) is 4.57 Å². The van der Waals surface area contributed by atoms with Crippen LogP contribution in [0.5, 0.6) is 5.75 Å². The van der Waals surface area contributed by atoms with Gasteiger partial charge in [0.25, 0.3) is 0 Å². The third kappa shape index (κ3) is 3.30. The van der Waals surface area contributed by atoms with Crippen LogP contribution in [0.4, 0.5) is 5.69 Å². The summed E-state index contributed by atoms with van der Waals surface area (Å²) >= 11 is 3.48. The summed E-state index contributed by atoms with van der Waals surface area (Å²) in [4.78, 5) is 2.27. The molecule has 25 heavy (non-hydrogen) atoms. The van der Waals surface area contributed by atoms with Crippen molar-refractivity contribution >= 4 is 21.6 Å². The maximum Gasteiger partial charge on any atom is 0.158 e. The SMILES string of the molecule is COc1cccc(N2CCOC2c2ccn(-c3ccc(Br)cc3)c2)c1. The summed E-state index contributed by atoms with van der Waals surface area (Å²) in [7, 11) is 1.69. The highest BCUT2D eigenvalue weighted by atomic mass is 79.9. The molecule has 0 radical (unpaired) electrons. The van der Waals surface area contributed by atoms with Crippen LogP contribution in [-0.4, -0.2) is 24.8 Å². The minimum absolute atomic E-state index is 0.0798. The summed E-state index contributed by atoms with van der Waals surface area (Å²) < 4.78 is 14.6. The van der Waals surface area contributed by atoms with Gasteiger partial charge in [-0.05, 0) is 42.5 Å². The zero-order chi connectivity index (χ0) is 17.2. The minimum Gasteiger partial charge on any atom is -0.497 e. The van der Waals surface area contributed by atoms with Crippen molar-refractivity contribution in [3.63, 3.8) is 0 Å². The number of halogens is 1. The van der Waals surface area contributed by atoms with Gasteiger partial charge in [-0.2, -0.15) is 0 Å². The van der Waals surface area contributed by atoms with Crippen LogP contribution in [-0.2, 0) is 4.74 Å². The zero-order valence-corrected chi connectivity index (χ0v) is 15.5. The second-order valence-corrected chi connectivity index (χ2v) is 6.86. The number of ether oxygens (including phenoxy) is 2. The van der Waals surface area contributed by atoms with Crippen LogP contribution in [0.3, 0.4) is 0 Å². The van der Waals surface area contributed by atoms with Crippen molar-refractivity contribution in [1.29, 1.82) is 0 Å². The van der Waals surface area contributed by atoms with E-state index in [1.165, 1.54) is 0 Å². The second kappa shape index (κ2) is 6.94. The van der Waals surface area contributed by atoms with E-state index >= 15 is 0 Å². The lowest BCUT2D eigenvalue weighted by Crippen LogP contribution is -2.22. The molecule has 0 aliphatic carbocycles. The van der Waals surface area contributed by atoms with Crippen LogP contribution in [0.1, 0.15) is 11.8 Å². The van der Waals surface area contributed by atoms with E-state index in [1.54, 1.807) is 7.11 Å². The van der Waals surface area contributed by atoms with Crippen molar-refractivity contribution in [3.8, 4) is 11.4 Å². The standard InChI is InChI=1S/C20H19BrN2O2/c1-24-19-4-2-3-18(13-19)23-11-12-25-20(23)15-9-10-22(14-15)17-7-5-16(21)6-8-17/h2-10,13-14,20H,11-12H2,1H3. The Labute approximate surface area is 155 Å². The molecule has 1 saturated heterocycles. The average Bonchev–Trinajstić information content (AvgIpc) is 3.31. The van der Waals surface area contributed by atoms with Crippen molar-refractivity contribution in [3.05, 3.63) is 77.0 Å². The van der Waals surface area contributed by atoms with Gasteiger partial charge in [-0.25, -0.2) is 0 Å². The third-order valence-electron chi connectivity index (χ3n) is 4.40. The molecule has 2 heterocycles. The molecule has 1 unspecified atom stereocenters. The van der Waals surface area contributed by atoms with Crippen LogP contribution in [0.25, 0.3) is 5.69 Å². The molecule has 2 aromatic carbocycles. The highest BCUT2D eigenvalue weighted by Gasteiger charge is 2.28. The molecule has 1 aromatic heterocycles. The van der Waals surface area contributed by atoms with Gasteiger partial charge in [-0.1, -0.05) is 22.0 Å². The largest absolute Gasteiger partial charge is 0.497 e. The van der Waals surface area contributed by atoms with Gasteiger partial charge >= 0.3 is 0 Å². The lowest BCUT2D eigenvalue weighted by atomic mass is 10.2. The highest BCUT2D eigenvalue weighted by Crippen LogP contribution is 2.34. The summed E-state index contributed by atoms with van der Waals surface area (Å²) in [6.45, 7) is 1.58. The first-order valence-electron chi connectivity index (χ1n) is 8.21. The van der Waals surface area contributed by atoms with Crippen LogP contribution < -0.4 is 9.64 Å². The first kappa shape index (κ1) is 16.2. The zero-order valence-electron chi connectivity index (χ0n) is 13.9. The van der Waals surface area contributed by atoms with E-state index in [2.05, 4.69) is 62.1 Å². The van der Waals surface area contributed by atoms with Crippen molar-refractivity contribution < 1.29 is 9.47 Å². The third-order valence-corrected chi connectivity index (χ3v) is 4.93. The monoisotopic (exact) mass is 398 g/mol. The van der Waals surface area contributed by atoms with Crippen LogP contribution in [0.15, 0.2) is 71.5 Å². The van der Waals surface area contributed by atoms with Gasteiger partial charge in [0.1, 0.15) is 5.75 Å². The Hall–Kier alpha value is -2.24. The highest BCUT2D eigenvalue weighted by molar-refractivity contribution is 9.10. The molecule has 4 rings (SSSR count). The second-order valence-electron chi connectivity index (χ2n) is 5.95. The van der Waals surface area contributed by atoms with E-state index in [0.29, 0.717) is 6.61 Å². The summed E-state index contributed by atoms with van der Waals surface area (Å²) in [6, 6.07) is 18.5. The fourth-order valence-corrected chi connectivity index (χ4v) is 3.40. The molecule has 1 fully saturated rings. The molecule has 0 bridgehead atoms. The van der Waals surface area contributed by atoms with Crippen LogP contribution in [0.2, 0.25) is 0 Å². The number of nitrogens with zero attached hydrogens (tertiary/aromatic N) is 2. The molecule has 1 atom stereocenters. The molecule has 0 saturated carbocycles. The molecular formula is C20H19BrN2O2. The number of hydrogen-bond donors (Lipinski definition) is 0. The molecule has 128 valence electrons. The Bertz CT molecular complexity index is 860. The smallest absolute Gasteiger partial charge is 0.158 e. The van der Waals surface area contributed by atoms with Gasteiger partial charge in [0, 0.05) is 46.4 Å². The predicted octanol–water partition coefficient (Wildman–Crippen LogP) is 4.78. The van der Waals surface area contributed by atoms with Gasteiger partial charge in [0.05, 0.1) is 13.7 Å². The van der Waals surface area contributed by atoms with E-state index in [-0.39, 0.29) is 6.23 Å². The molecule has 3 aromatic rings. The minimum atomic E-state index is -0.0798. The number of aromatic nitrogens is 1. The van der Waals surface area contributed by atoms with E-state index in [1.807, 2.05) is 30.3 Å². The average molecular weight is 399 g/mol. The lowest BCUT2D eigenvalue weighted by Gasteiger charge is -2.25. The fourth-order valence-electron chi connectivity index (χ4n) is 3.13. The predicted molar refractivity (Wildman–Crippen MR) is 103 cm³/mol. The van der Waals surface area contributed by atoms with Gasteiger partial charge < -0.3 is 18.9 Å². The van der Waals surface area contributed by atoms with E-state index < -0.39 is 0 Å². The summed E-state index contributed by atoms with van der Waals surface area (Å²) in [5, 5.41) is 0. The van der Waals surface area contributed by atoms with Gasteiger partial charge in [0.2, 0.25) is 0 Å². The van der Waals surface area contributed by atoms with Gasteiger partial charge in [-0.15, -0.1) is 0 Å². The van der Waals surface area contributed by atoms with Gasteiger partial charge in [0.15, 0.2) is 6.23 Å². The lowest BCUT2D eigenvalue weighted by molar-refractivity contribution is 0.114. The fraction of sp³-hybridized carbons (Fsp3) is 0.200. The molecule has 5 heteroatoms. The van der Waals surface area contributed by atoms with Crippen molar-refractivity contribution in [2.75, 3.05) is 25.2 Å². The Kier molecular flexibility index (Phi) is 4.51. The topological polar surface area (TPSA) is 26.6 Å². The molecule has 0 spiro atoms. The van der Waals surface area contributed by atoms with Gasteiger partial charge in [-0.3, -0.25) is 0 Å². The van der Waals surface area contributed by atoms with Crippen molar-refractivity contribution in [2.45, 2.75) is 6.23 Å². The molecule has 1 aliphatic rings. The summed E-state index contributed by atoms with van der Waals surface area (Å²) in [5.41, 5.74) is 3.38. The Morgan fingerprint density at radius 2 is 1.92 bits per heavy atom. The quantitative estimate of drug-likeness (QED) is 0.632. The summed E-state index contributed by atoms with van der Waals surface area (Å²) in [5.74, 6) is 0.857. The number of benzene rings is 2. The Balaban J connectivity index is 1.61. The van der Waals surface area contributed by atoms with Crippen LogP contribution in [0, 0.1) is 0 Å². The number of rotatable bonds is 4. The number of methoxy groups -OCH3 is 1. The Morgan fingerprint density at radius 1 is 1.08 bits per heavy atom. The normalized spacial score (nSPS) is 17.0. The molecule has 0 N–H and O–H groups in total. The number of anilines is 1. The molecule has 0 amide bonds. The first-order valence-corrected chi connectivity index (χ1v) is 9.00. The first-order chi connectivity index (χ1) is 12.2. The van der Waals surface area contributed by atoms with E-state index in [4.69, 9.17) is 9.47 Å². The maximum absolute atomic E-state index is 6.01. The number of hydrogen-bond acceptors (Lipinski definition) is 3.